The van der Waals surface area contributed by atoms with E-state index < -0.39 is 0 Å². The summed E-state index contributed by atoms with van der Waals surface area (Å²) in [6.45, 7) is 3.85. The molecular weight excluding hydrogens is 312 g/mol. The van der Waals surface area contributed by atoms with Gasteiger partial charge < -0.3 is 15.2 Å². The van der Waals surface area contributed by atoms with Crippen molar-refractivity contribution in [3.05, 3.63) is 47.2 Å². The van der Waals surface area contributed by atoms with Gasteiger partial charge >= 0.3 is 0 Å². The molecule has 0 saturated heterocycles. The molecule has 0 fully saturated rings. The van der Waals surface area contributed by atoms with Crippen molar-refractivity contribution in [3.63, 3.8) is 0 Å². The maximum atomic E-state index is 11.2. The molecule has 7 heteroatoms. The van der Waals surface area contributed by atoms with Crippen LogP contribution in [0.5, 0.6) is 0 Å². The molecule has 0 unspecified atom stereocenters. The van der Waals surface area contributed by atoms with Crippen molar-refractivity contribution in [2.24, 2.45) is 0 Å². The van der Waals surface area contributed by atoms with Crippen molar-refractivity contribution in [1.82, 2.24) is 10.1 Å². The number of rotatable bonds is 5. The van der Waals surface area contributed by atoms with Gasteiger partial charge in [-0.15, -0.1) is 11.3 Å². The average Bonchev–Trinajstić information content (AvgIpc) is 3.18. The van der Waals surface area contributed by atoms with Gasteiger partial charge in [-0.3, -0.25) is 4.79 Å². The second-order valence-electron chi connectivity index (χ2n) is 5.00. The van der Waals surface area contributed by atoms with E-state index in [2.05, 4.69) is 20.8 Å². The summed E-state index contributed by atoms with van der Waals surface area (Å²) in [5, 5.41) is 12.0. The summed E-state index contributed by atoms with van der Waals surface area (Å²) in [4.78, 5) is 16.6. The molecule has 3 rings (SSSR count). The van der Waals surface area contributed by atoms with Gasteiger partial charge in [-0.2, -0.15) is 4.98 Å². The first-order valence-corrected chi connectivity index (χ1v) is 7.99. The van der Waals surface area contributed by atoms with Gasteiger partial charge in [-0.25, -0.2) is 0 Å². The van der Waals surface area contributed by atoms with Crippen LogP contribution in [-0.4, -0.2) is 16.0 Å². The predicted octanol–water partition coefficient (Wildman–Crippen LogP) is 3.68. The van der Waals surface area contributed by atoms with Crippen LogP contribution in [0.4, 0.5) is 11.4 Å². The quantitative estimate of drug-likeness (QED) is 0.747. The van der Waals surface area contributed by atoms with Gasteiger partial charge in [0, 0.05) is 18.3 Å². The number of hydrogen-bond donors (Lipinski definition) is 2. The number of carbonyl (C=O) groups is 1. The largest absolute Gasteiger partial charge is 0.376 e. The fraction of sp³-hybridized carbons (Fsp3) is 0.188. The lowest BCUT2D eigenvalue weighted by molar-refractivity contribution is -0.114. The zero-order valence-corrected chi connectivity index (χ0v) is 13.6. The Hall–Kier alpha value is -2.67. The molecule has 0 aliphatic heterocycles. The predicted molar refractivity (Wildman–Crippen MR) is 90.4 cm³/mol. The van der Waals surface area contributed by atoms with Crippen LogP contribution >= 0.6 is 11.3 Å². The lowest BCUT2D eigenvalue weighted by Gasteiger charge is -2.12. The Kier molecular flexibility index (Phi) is 4.38. The number of benzene rings is 1. The van der Waals surface area contributed by atoms with Crippen molar-refractivity contribution in [2.75, 3.05) is 10.6 Å². The fourth-order valence-electron chi connectivity index (χ4n) is 2.16. The number of carbonyl (C=O) groups excluding carboxylic acids is 1. The number of hydrogen-bond acceptors (Lipinski definition) is 6. The van der Waals surface area contributed by atoms with E-state index in [1.165, 1.54) is 6.92 Å². The Morgan fingerprint density at radius 1 is 1.26 bits per heavy atom. The Labute approximate surface area is 137 Å². The molecule has 0 aliphatic rings. The zero-order chi connectivity index (χ0) is 16.2. The molecule has 118 valence electrons. The Morgan fingerprint density at radius 3 is 2.83 bits per heavy atom. The smallest absolute Gasteiger partial charge is 0.246 e. The summed E-state index contributed by atoms with van der Waals surface area (Å²) in [5.74, 6) is 1.01. The molecule has 0 spiro atoms. The summed E-state index contributed by atoms with van der Waals surface area (Å²) in [6, 6.07) is 9.59. The summed E-state index contributed by atoms with van der Waals surface area (Å²) in [6.07, 6.45) is 0. The molecule has 1 amide bonds. The van der Waals surface area contributed by atoms with E-state index in [9.17, 15) is 4.79 Å². The van der Waals surface area contributed by atoms with E-state index in [1.54, 1.807) is 11.3 Å². The van der Waals surface area contributed by atoms with Gasteiger partial charge in [0.15, 0.2) is 0 Å². The normalized spacial score (nSPS) is 10.5. The molecule has 0 aliphatic carbocycles. The molecule has 0 radical (unpaired) electrons. The first-order valence-electron chi connectivity index (χ1n) is 7.11. The van der Waals surface area contributed by atoms with Crippen molar-refractivity contribution < 1.29 is 9.32 Å². The lowest BCUT2D eigenvalue weighted by atomic mass is 10.1. The summed E-state index contributed by atoms with van der Waals surface area (Å²) in [5.41, 5.74) is 2.65. The Morgan fingerprint density at radius 2 is 2.09 bits per heavy atom. The number of nitrogens with one attached hydrogen (secondary N) is 2. The number of thiophene rings is 1. The highest BCUT2D eigenvalue weighted by atomic mass is 32.1. The molecule has 2 N–H and O–H groups in total. The van der Waals surface area contributed by atoms with Crippen LogP contribution < -0.4 is 10.6 Å². The van der Waals surface area contributed by atoms with Crippen LogP contribution in [0, 0.1) is 6.92 Å². The minimum absolute atomic E-state index is 0.0947. The summed E-state index contributed by atoms with van der Waals surface area (Å²) >= 11 is 1.57. The summed E-state index contributed by atoms with van der Waals surface area (Å²) < 4.78 is 5.26. The van der Waals surface area contributed by atoms with Crippen molar-refractivity contribution >= 4 is 28.6 Å². The van der Waals surface area contributed by atoms with Crippen LogP contribution in [0.1, 0.15) is 18.4 Å². The monoisotopic (exact) mass is 328 g/mol. The first kappa shape index (κ1) is 15.2. The molecule has 1 aromatic carbocycles. The van der Waals surface area contributed by atoms with E-state index >= 15 is 0 Å². The molecule has 0 saturated carbocycles. The van der Waals surface area contributed by atoms with Gasteiger partial charge in [-0.05, 0) is 36.1 Å². The molecule has 23 heavy (non-hydrogen) atoms. The number of aromatic nitrogens is 2. The van der Waals surface area contributed by atoms with Crippen LogP contribution in [0.2, 0.25) is 0 Å². The van der Waals surface area contributed by atoms with Gasteiger partial charge in [-0.1, -0.05) is 17.3 Å². The van der Waals surface area contributed by atoms with Crippen molar-refractivity contribution in [1.29, 1.82) is 0 Å². The van der Waals surface area contributed by atoms with E-state index in [-0.39, 0.29) is 5.91 Å². The fourth-order valence-corrected chi connectivity index (χ4v) is 2.80. The third-order valence-corrected chi connectivity index (χ3v) is 4.15. The van der Waals surface area contributed by atoms with Crippen molar-refractivity contribution in [3.8, 4) is 10.7 Å². The highest BCUT2D eigenvalue weighted by Crippen LogP contribution is 2.24. The summed E-state index contributed by atoms with van der Waals surface area (Å²) in [7, 11) is 0. The maximum Gasteiger partial charge on any atom is 0.246 e. The third kappa shape index (κ3) is 3.57. The minimum Gasteiger partial charge on any atom is -0.376 e. The van der Waals surface area contributed by atoms with Crippen LogP contribution in [0.3, 0.4) is 0 Å². The third-order valence-electron chi connectivity index (χ3n) is 3.28. The second-order valence-corrected chi connectivity index (χ2v) is 5.95. The minimum atomic E-state index is -0.0947. The molecule has 2 heterocycles. The standard InChI is InChI=1S/C16H16N4O2S/c1-10-12(5-3-6-13(10)18-11(2)21)17-9-15-19-16(20-22-15)14-7-4-8-23-14/h3-8,17H,9H2,1-2H3,(H,18,21). The Balaban J connectivity index is 1.70. The van der Waals surface area contributed by atoms with Gasteiger partial charge in [0.2, 0.25) is 17.6 Å². The van der Waals surface area contributed by atoms with E-state index in [0.29, 0.717) is 18.3 Å². The number of amides is 1. The molecular formula is C16H16N4O2S. The van der Waals surface area contributed by atoms with E-state index in [0.717, 1.165) is 21.8 Å². The molecule has 0 bridgehead atoms. The molecule has 6 nitrogen and oxygen atoms in total. The Bertz CT molecular complexity index is 811. The second kappa shape index (κ2) is 6.62. The van der Waals surface area contributed by atoms with Gasteiger partial charge in [0.1, 0.15) is 0 Å². The van der Waals surface area contributed by atoms with E-state index in [1.807, 2.05) is 42.6 Å². The van der Waals surface area contributed by atoms with Gasteiger partial charge in [0.05, 0.1) is 11.4 Å². The molecule has 2 aromatic heterocycles. The first-order chi connectivity index (χ1) is 11.1. The molecule has 0 atom stereocenters. The topological polar surface area (TPSA) is 80.0 Å². The van der Waals surface area contributed by atoms with Crippen LogP contribution in [0.25, 0.3) is 10.7 Å². The van der Waals surface area contributed by atoms with Gasteiger partial charge in [0.25, 0.3) is 0 Å². The van der Waals surface area contributed by atoms with Crippen LogP contribution in [0.15, 0.2) is 40.2 Å². The lowest BCUT2D eigenvalue weighted by Crippen LogP contribution is -2.09. The molecule has 3 aromatic rings. The average molecular weight is 328 g/mol. The van der Waals surface area contributed by atoms with E-state index in [4.69, 9.17) is 4.52 Å². The highest BCUT2D eigenvalue weighted by molar-refractivity contribution is 7.13. The SMILES string of the molecule is CC(=O)Nc1cccc(NCc2nc(-c3cccs3)no2)c1C. The van der Waals surface area contributed by atoms with Crippen LogP contribution in [-0.2, 0) is 11.3 Å². The highest BCUT2D eigenvalue weighted by Gasteiger charge is 2.10. The van der Waals surface area contributed by atoms with Crippen molar-refractivity contribution in [2.45, 2.75) is 20.4 Å². The number of anilines is 2. The maximum absolute atomic E-state index is 11.2. The number of nitrogens with zero attached hydrogens (tertiary/aromatic N) is 2. The zero-order valence-electron chi connectivity index (χ0n) is 12.8.